The first-order valence-electron chi connectivity index (χ1n) is 5.62. The molecule has 0 amide bonds. The zero-order valence-corrected chi connectivity index (χ0v) is 10.5. The van der Waals surface area contributed by atoms with Crippen LogP contribution in [0, 0.1) is 12.7 Å². The van der Waals surface area contributed by atoms with Crippen molar-refractivity contribution in [3.8, 4) is 17.0 Å². The van der Waals surface area contributed by atoms with Crippen LogP contribution in [0.5, 0.6) is 5.75 Å². The maximum atomic E-state index is 13.7. The fourth-order valence-corrected chi connectivity index (χ4v) is 1.87. The molecular weight excluding hydrogens is 251 g/mol. The Bertz CT molecular complexity index is 622. The number of benzene rings is 1. The molecule has 0 aliphatic rings. The molecule has 1 aromatic heterocycles. The number of carboxylic acid groups (broad SMARTS) is 1. The SMILES string of the molecule is COc1ccc(-c2nc(C)[nH]c2CC(=O)O)cc1F. The smallest absolute Gasteiger partial charge is 0.309 e. The fraction of sp³-hybridized carbons (Fsp3) is 0.231. The zero-order valence-electron chi connectivity index (χ0n) is 10.5. The van der Waals surface area contributed by atoms with E-state index in [1.54, 1.807) is 13.0 Å². The Morgan fingerprint density at radius 1 is 1.53 bits per heavy atom. The first-order chi connectivity index (χ1) is 9.01. The molecule has 0 aliphatic heterocycles. The van der Waals surface area contributed by atoms with Gasteiger partial charge in [-0.3, -0.25) is 4.79 Å². The summed E-state index contributed by atoms with van der Waals surface area (Å²) in [6.07, 6.45) is -0.191. The summed E-state index contributed by atoms with van der Waals surface area (Å²) in [4.78, 5) is 17.9. The lowest BCUT2D eigenvalue weighted by Gasteiger charge is -2.04. The molecule has 5 nitrogen and oxygen atoms in total. The highest BCUT2D eigenvalue weighted by atomic mass is 19.1. The summed E-state index contributed by atoms with van der Waals surface area (Å²) in [5.74, 6) is -0.765. The van der Waals surface area contributed by atoms with Crippen LogP contribution in [-0.2, 0) is 11.2 Å². The van der Waals surface area contributed by atoms with Gasteiger partial charge in [0.2, 0.25) is 0 Å². The Morgan fingerprint density at radius 3 is 2.84 bits per heavy atom. The highest BCUT2D eigenvalue weighted by Crippen LogP contribution is 2.27. The van der Waals surface area contributed by atoms with Crippen molar-refractivity contribution < 1.29 is 19.0 Å². The number of carboxylic acids is 1. The third-order valence-corrected chi connectivity index (χ3v) is 2.65. The molecule has 0 aliphatic carbocycles. The number of imidazole rings is 1. The van der Waals surface area contributed by atoms with Crippen molar-refractivity contribution in [2.75, 3.05) is 7.11 Å². The second-order valence-corrected chi connectivity index (χ2v) is 4.07. The molecular formula is C13H13FN2O3. The number of methoxy groups -OCH3 is 1. The molecule has 0 fully saturated rings. The third kappa shape index (κ3) is 2.73. The average molecular weight is 264 g/mol. The number of aromatic nitrogens is 2. The number of ether oxygens (including phenoxy) is 1. The summed E-state index contributed by atoms with van der Waals surface area (Å²) in [6.45, 7) is 1.72. The molecule has 0 spiro atoms. The van der Waals surface area contributed by atoms with E-state index in [1.165, 1.54) is 19.2 Å². The number of rotatable bonds is 4. The van der Waals surface area contributed by atoms with Crippen molar-refractivity contribution in [3.63, 3.8) is 0 Å². The molecule has 0 unspecified atom stereocenters. The minimum atomic E-state index is -0.973. The Kier molecular flexibility index (Phi) is 3.50. The van der Waals surface area contributed by atoms with Gasteiger partial charge < -0.3 is 14.8 Å². The highest BCUT2D eigenvalue weighted by Gasteiger charge is 2.15. The van der Waals surface area contributed by atoms with Crippen LogP contribution in [-0.4, -0.2) is 28.2 Å². The second-order valence-electron chi connectivity index (χ2n) is 4.07. The topological polar surface area (TPSA) is 75.2 Å². The van der Waals surface area contributed by atoms with Crippen molar-refractivity contribution in [3.05, 3.63) is 35.5 Å². The number of H-pyrrole nitrogens is 1. The number of hydrogen-bond donors (Lipinski definition) is 2. The number of aromatic amines is 1. The van der Waals surface area contributed by atoms with Gasteiger partial charge in [0.05, 0.1) is 24.9 Å². The van der Waals surface area contributed by atoms with Gasteiger partial charge in [0.1, 0.15) is 5.82 Å². The number of hydrogen-bond acceptors (Lipinski definition) is 3. The van der Waals surface area contributed by atoms with Crippen molar-refractivity contribution >= 4 is 5.97 Å². The molecule has 0 bridgehead atoms. The number of halogens is 1. The van der Waals surface area contributed by atoms with Crippen LogP contribution in [0.2, 0.25) is 0 Å². The first kappa shape index (κ1) is 13.1. The third-order valence-electron chi connectivity index (χ3n) is 2.65. The second kappa shape index (κ2) is 5.09. The number of aliphatic carboxylic acids is 1. The predicted molar refractivity (Wildman–Crippen MR) is 66.6 cm³/mol. The lowest BCUT2D eigenvalue weighted by Crippen LogP contribution is -2.02. The largest absolute Gasteiger partial charge is 0.494 e. The van der Waals surface area contributed by atoms with Gasteiger partial charge in [-0.1, -0.05) is 0 Å². The summed E-state index contributed by atoms with van der Waals surface area (Å²) in [5.41, 5.74) is 1.41. The Hall–Kier alpha value is -2.37. The molecule has 100 valence electrons. The van der Waals surface area contributed by atoms with E-state index in [2.05, 4.69) is 9.97 Å². The van der Waals surface area contributed by atoms with Crippen LogP contribution in [0.25, 0.3) is 11.3 Å². The standard InChI is InChI=1S/C13H13FN2O3/c1-7-15-10(6-12(17)18)13(16-7)8-3-4-11(19-2)9(14)5-8/h3-5H,6H2,1-2H3,(H,15,16)(H,17,18). The highest BCUT2D eigenvalue weighted by molar-refractivity contribution is 5.74. The number of carbonyl (C=O) groups is 1. The number of aryl methyl sites for hydroxylation is 1. The molecule has 2 N–H and O–H groups in total. The van der Waals surface area contributed by atoms with Gasteiger partial charge >= 0.3 is 5.97 Å². The van der Waals surface area contributed by atoms with Gasteiger partial charge in [-0.15, -0.1) is 0 Å². The molecule has 2 aromatic rings. The minimum absolute atomic E-state index is 0.135. The van der Waals surface area contributed by atoms with E-state index in [9.17, 15) is 9.18 Å². The van der Waals surface area contributed by atoms with Crippen LogP contribution in [0.1, 0.15) is 11.5 Å². The van der Waals surface area contributed by atoms with E-state index in [4.69, 9.17) is 9.84 Å². The van der Waals surface area contributed by atoms with Crippen molar-refractivity contribution in [1.29, 1.82) is 0 Å². The van der Waals surface area contributed by atoms with E-state index in [0.717, 1.165) is 0 Å². The lowest BCUT2D eigenvalue weighted by atomic mass is 10.1. The Labute approximate surface area is 109 Å². The Balaban J connectivity index is 2.46. The average Bonchev–Trinajstić information content (AvgIpc) is 2.69. The quantitative estimate of drug-likeness (QED) is 0.887. The molecule has 0 saturated heterocycles. The molecule has 0 atom stereocenters. The maximum absolute atomic E-state index is 13.7. The number of nitrogens with one attached hydrogen (secondary N) is 1. The molecule has 0 saturated carbocycles. The van der Waals surface area contributed by atoms with E-state index >= 15 is 0 Å². The lowest BCUT2D eigenvalue weighted by molar-refractivity contribution is -0.136. The van der Waals surface area contributed by atoms with E-state index in [1.807, 2.05) is 0 Å². The summed E-state index contributed by atoms with van der Waals surface area (Å²) in [6, 6.07) is 4.40. The minimum Gasteiger partial charge on any atom is -0.494 e. The number of nitrogens with zero attached hydrogens (tertiary/aromatic N) is 1. The monoisotopic (exact) mass is 264 g/mol. The predicted octanol–water partition coefficient (Wildman–Crippen LogP) is 2.16. The molecule has 19 heavy (non-hydrogen) atoms. The van der Waals surface area contributed by atoms with Gasteiger partial charge in [0.15, 0.2) is 11.6 Å². The van der Waals surface area contributed by atoms with Gasteiger partial charge in [-0.2, -0.15) is 0 Å². The van der Waals surface area contributed by atoms with Gasteiger partial charge in [0.25, 0.3) is 0 Å². The van der Waals surface area contributed by atoms with E-state index in [0.29, 0.717) is 22.8 Å². The van der Waals surface area contributed by atoms with Crippen molar-refractivity contribution in [2.24, 2.45) is 0 Å². The summed E-state index contributed by atoms with van der Waals surface area (Å²) in [7, 11) is 1.38. The molecule has 6 heteroatoms. The van der Waals surface area contributed by atoms with Gasteiger partial charge in [-0.25, -0.2) is 9.37 Å². The van der Waals surface area contributed by atoms with E-state index in [-0.39, 0.29) is 12.2 Å². The van der Waals surface area contributed by atoms with Crippen LogP contribution < -0.4 is 4.74 Å². The van der Waals surface area contributed by atoms with Crippen LogP contribution in [0.3, 0.4) is 0 Å². The molecule has 1 heterocycles. The van der Waals surface area contributed by atoms with Crippen LogP contribution in [0.15, 0.2) is 18.2 Å². The normalized spacial score (nSPS) is 10.5. The van der Waals surface area contributed by atoms with Gasteiger partial charge in [0, 0.05) is 5.56 Å². The zero-order chi connectivity index (χ0) is 14.0. The van der Waals surface area contributed by atoms with Crippen LogP contribution >= 0.6 is 0 Å². The van der Waals surface area contributed by atoms with Crippen molar-refractivity contribution in [2.45, 2.75) is 13.3 Å². The van der Waals surface area contributed by atoms with E-state index < -0.39 is 11.8 Å². The van der Waals surface area contributed by atoms with Gasteiger partial charge in [-0.05, 0) is 25.1 Å². The maximum Gasteiger partial charge on any atom is 0.309 e. The van der Waals surface area contributed by atoms with Crippen molar-refractivity contribution in [1.82, 2.24) is 9.97 Å². The summed E-state index contributed by atoms with van der Waals surface area (Å²) >= 11 is 0. The van der Waals surface area contributed by atoms with Crippen LogP contribution in [0.4, 0.5) is 4.39 Å². The molecule has 2 rings (SSSR count). The summed E-state index contributed by atoms with van der Waals surface area (Å²) < 4.78 is 18.5. The summed E-state index contributed by atoms with van der Waals surface area (Å²) in [5, 5.41) is 8.84. The fourth-order valence-electron chi connectivity index (χ4n) is 1.87. The first-order valence-corrected chi connectivity index (χ1v) is 5.62. The molecule has 1 aromatic carbocycles. The molecule has 0 radical (unpaired) electrons. The Morgan fingerprint density at radius 2 is 2.26 bits per heavy atom.